The second-order valence-corrected chi connectivity index (χ2v) is 4.49. The molecular formula is C14H19N3O. The lowest BCUT2D eigenvalue weighted by molar-refractivity contribution is 0.355. The van der Waals surface area contributed by atoms with Crippen LogP contribution in [0.5, 0.6) is 0 Å². The van der Waals surface area contributed by atoms with Crippen LogP contribution in [0.2, 0.25) is 0 Å². The highest BCUT2D eigenvalue weighted by atomic mass is 16.5. The molecule has 4 heteroatoms. The van der Waals surface area contributed by atoms with Gasteiger partial charge in [-0.05, 0) is 24.9 Å². The van der Waals surface area contributed by atoms with Crippen LogP contribution in [0.3, 0.4) is 0 Å². The molecule has 0 bridgehead atoms. The molecule has 0 aliphatic heterocycles. The molecule has 1 aromatic carbocycles. The number of rotatable bonds is 5. The van der Waals surface area contributed by atoms with Crippen LogP contribution in [0.1, 0.15) is 37.6 Å². The van der Waals surface area contributed by atoms with Gasteiger partial charge in [-0.25, -0.2) is 0 Å². The van der Waals surface area contributed by atoms with Crippen molar-refractivity contribution in [3.05, 3.63) is 35.7 Å². The van der Waals surface area contributed by atoms with E-state index in [1.54, 1.807) is 0 Å². The fourth-order valence-corrected chi connectivity index (χ4v) is 1.82. The minimum Gasteiger partial charge on any atom is -0.339 e. The molecule has 1 heterocycles. The predicted molar refractivity (Wildman–Crippen MR) is 71.2 cm³/mol. The van der Waals surface area contributed by atoms with Crippen molar-refractivity contribution in [2.45, 2.75) is 32.6 Å². The maximum atomic E-state index is 5.53. The van der Waals surface area contributed by atoms with Gasteiger partial charge in [0.05, 0.1) is 0 Å². The average molecular weight is 245 g/mol. The van der Waals surface area contributed by atoms with Crippen LogP contribution in [-0.2, 0) is 6.42 Å². The number of hydrogen-bond donors (Lipinski definition) is 1. The Bertz CT molecular complexity index is 490. The lowest BCUT2D eigenvalue weighted by atomic mass is 10.1. The second-order valence-electron chi connectivity index (χ2n) is 4.49. The van der Waals surface area contributed by atoms with E-state index in [0.29, 0.717) is 18.3 Å². The van der Waals surface area contributed by atoms with Gasteiger partial charge in [0, 0.05) is 11.5 Å². The zero-order valence-electron chi connectivity index (χ0n) is 10.9. The van der Waals surface area contributed by atoms with Gasteiger partial charge in [-0.2, -0.15) is 4.98 Å². The van der Waals surface area contributed by atoms with Crippen molar-refractivity contribution < 1.29 is 4.52 Å². The van der Waals surface area contributed by atoms with Gasteiger partial charge in [0.2, 0.25) is 11.7 Å². The van der Waals surface area contributed by atoms with Crippen LogP contribution in [0.15, 0.2) is 28.8 Å². The van der Waals surface area contributed by atoms with Gasteiger partial charge in [-0.3, -0.25) is 0 Å². The first-order valence-electron chi connectivity index (χ1n) is 6.37. The third kappa shape index (κ3) is 2.76. The largest absolute Gasteiger partial charge is 0.339 e. The molecule has 0 fully saturated rings. The monoisotopic (exact) mass is 245 g/mol. The van der Waals surface area contributed by atoms with E-state index in [1.807, 2.05) is 19.1 Å². The predicted octanol–water partition coefficient (Wildman–Crippen LogP) is 2.75. The molecule has 0 saturated heterocycles. The third-order valence-electron chi connectivity index (χ3n) is 3.08. The first-order chi connectivity index (χ1) is 8.74. The Morgan fingerprint density at radius 2 is 2.00 bits per heavy atom. The highest BCUT2D eigenvalue weighted by Gasteiger charge is 2.14. The van der Waals surface area contributed by atoms with Crippen LogP contribution in [-0.4, -0.2) is 16.7 Å². The Balaban J connectivity index is 2.18. The van der Waals surface area contributed by atoms with E-state index in [4.69, 9.17) is 10.3 Å². The quantitative estimate of drug-likeness (QED) is 0.879. The number of aromatic nitrogens is 2. The molecule has 18 heavy (non-hydrogen) atoms. The second kappa shape index (κ2) is 5.78. The summed E-state index contributed by atoms with van der Waals surface area (Å²) in [6.07, 6.45) is 1.89. The van der Waals surface area contributed by atoms with Crippen molar-refractivity contribution >= 4 is 0 Å². The first kappa shape index (κ1) is 12.8. The van der Waals surface area contributed by atoms with Crippen LogP contribution in [0.4, 0.5) is 0 Å². The van der Waals surface area contributed by atoms with Crippen molar-refractivity contribution in [1.29, 1.82) is 0 Å². The average Bonchev–Trinajstić information content (AvgIpc) is 2.89. The number of benzene rings is 1. The smallest absolute Gasteiger partial charge is 0.229 e. The lowest BCUT2D eigenvalue weighted by Crippen LogP contribution is -2.04. The Labute approximate surface area is 107 Å². The Hall–Kier alpha value is -1.68. The van der Waals surface area contributed by atoms with Gasteiger partial charge >= 0.3 is 0 Å². The van der Waals surface area contributed by atoms with E-state index in [1.165, 1.54) is 5.56 Å². The molecule has 0 spiro atoms. The summed E-state index contributed by atoms with van der Waals surface area (Å²) >= 11 is 0. The molecule has 0 amide bonds. The van der Waals surface area contributed by atoms with Gasteiger partial charge in [0.25, 0.3) is 0 Å². The molecule has 4 nitrogen and oxygen atoms in total. The zero-order valence-corrected chi connectivity index (χ0v) is 10.9. The molecule has 1 aromatic heterocycles. The summed E-state index contributed by atoms with van der Waals surface area (Å²) in [4.78, 5) is 4.42. The topological polar surface area (TPSA) is 64.9 Å². The minimum atomic E-state index is 0.214. The fourth-order valence-electron chi connectivity index (χ4n) is 1.82. The number of nitrogens with two attached hydrogens (primary N) is 1. The molecule has 0 saturated carbocycles. The summed E-state index contributed by atoms with van der Waals surface area (Å²) in [6.45, 7) is 4.81. The van der Waals surface area contributed by atoms with E-state index in [2.05, 4.69) is 29.2 Å². The minimum absolute atomic E-state index is 0.214. The van der Waals surface area contributed by atoms with E-state index < -0.39 is 0 Å². The number of aryl methyl sites for hydroxylation is 1. The number of hydrogen-bond acceptors (Lipinski definition) is 4. The summed E-state index contributed by atoms with van der Waals surface area (Å²) in [5.74, 6) is 1.53. The van der Waals surface area contributed by atoms with Gasteiger partial charge in [0.15, 0.2) is 0 Å². The summed E-state index contributed by atoms with van der Waals surface area (Å²) in [5, 5.41) is 4.02. The van der Waals surface area contributed by atoms with E-state index in [9.17, 15) is 0 Å². The summed E-state index contributed by atoms with van der Waals surface area (Å²) in [7, 11) is 0. The zero-order chi connectivity index (χ0) is 13.0. The van der Waals surface area contributed by atoms with Gasteiger partial charge in [-0.1, -0.05) is 43.3 Å². The molecule has 0 aliphatic rings. The molecule has 0 aliphatic carbocycles. The first-order valence-corrected chi connectivity index (χ1v) is 6.37. The van der Waals surface area contributed by atoms with Crippen LogP contribution < -0.4 is 5.73 Å². The summed E-state index contributed by atoms with van der Waals surface area (Å²) in [5.41, 5.74) is 7.82. The molecule has 0 radical (unpaired) electrons. The maximum absolute atomic E-state index is 5.53. The van der Waals surface area contributed by atoms with Crippen molar-refractivity contribution in [2.24, 2.45) is 5.73 Å². The lowest BCUT2D eigenvalue weighted by Gasteiger charge is -2.01. The highest BCUT2D eigenvalue weighted by Crippen LogP contribution is 2.21. The van der Waals surface area contributed by atoms with Crippen LogP contribution in [0.25, 0.3) is 11.4 Å². The SMILES string of the molecule is CCc1ccc(-c2noc(C(C)CCN)n2)cc1. The molecule has 1 unspecified atom stereocenters. The van der Waals surface area contributed by atoms with Crippen molar-refractivity contribution in [3.63, 3.8) is 0 Å². The Kier molecular flexibility index (Phi) is 4.10. The van der Waals surface area contributed by atoms with Gasteiger partial charge in [0.1, 0.15) is 0 Å². The summed E-state index contributed by atoms with van der Waals surface area (Å²) < 4.78 is 5.27. The third-order valence-corrected chi connectivity index (χ3v) is 3.08. The maximum Gasteiger partial charge on any atom is 0.229 e. The van der Waals surface area contributed by atoms with Gasteiger partial charge in [-0.15, -0.1) is 0 Å². The van der Waals surface area contributed by atoms with E-state index in [0.717, 1.165) is 18.4 Å². The van der Waals surface area contributed by atoms with Gasteiger partial charge < -0.3 is 10.3 Å². The Morgan fingerprint density at radius 1 is 1.28 bits per heavy atom. The van der Waals surface area contributed by atoms with E-state index in [-0.39, 0.29) is 5.92 Å². The Morgan fingerprint density at radius 3 is 2.61 bits per heavy atom. The van der Waals surface area contributed by atoms with E-state index >= 15 is 0 Å². The molecular weight excluding hydrogens is 226 g/mol. The molecule has 1 atom stereocenters. The standard InChI is InChI=1S/C14H19N3O/c1-3-11-4-6-12(7-5-11)13-16-14(18-17-13)10(2)8-9-15/h4-7,10H,3,8-9,15H2,1-2H3. The normalized spacial score (nSPS) is 12.6. The molecule has 2 N–H and O–H groups in total. The fraction of sp³-hybridized carbons (Fsp3) is 0.429. The highest BCUT2D eigenvalue weighted by molar-refractivity contribution is 5.54. The van der Waals surface area contributed by atoms with Crippen molar-refractivity contribution in [1.82, 2.24) is 10.1 Å². The molecule has 2 rings (SSSR count). The molecule has 2 aromatic rings. The van der Waals surface area contributed by atoms with Crippen molar-refractivity contribution in [2.75, 3.05) is 6.54 Å². The van der Waals surface area contributed by atoms with Crippen molar-refractivity contribution in [3.8, 4) is 11.4 Å². The van der Waals surface area contributed by atoms with Crippen LogP contribution in [0, 0.1) is 0 Å². The molecule has 96 valence electrons. The number of nitrogens with zero attached hydrogens (tertiary/aromatic N) is 2. The van der Waals surface area contributed by atoms with Crippen LogP contribution >= 0.6 is 0 Å². The summed E-state index contributed by atoms with van der Waals surface area (Å²) in [6, 6.07) is 8.24.